The van der Waals surface area contributed by atoms with Crippen molar-refractivity contribution >= 4 is 44.8 Å². The summed E-state index contributed by atoms with van der Waals surface area (Å²) in [4.78, 5) is 27.2. The van der Waals surface area contributed by atoms with E-state index >= 15 is 0 Å². The van der Waals surface area contributed by atoms with E-state index in [2.05, 4.69) is 6.58 Å². The van der Waals surface area contributed by atoms with Crippen molar-refractivity contribution in [3.63, 3.8) is 0 Å². The van der Waals surface area contributed by atoms with Crippen molar-refractivity contribution in [1.82, 2.24) is 0 Å². The van der Waals surface area contributed by atoms with Gasteiger partial charge >= 0.3 is 0 Å². The van der Waals surface area contributed by atoms with E-state index in [-0.39, 0.29) is 38.7 Å². The van der Waals surface area contributed by atoms with Crippen LogP contribution in [-0.2, 0) is 14.6 Å². The zero-order valence-electron chi connectivity index (χ0n) is 16.0. The number of thioether (sulfide) groups is 1. The molecule has 4 nitrogen and oxygen atoms in total. The number of allylic oxidation sites excluding steroid dienone is 3. The first-order valence-corrected chi connectivity index (χ1v) is 12.4. The van der Waals surface area contributed by atoms with Crippen molar-refractivity contribution in [2.24, 2.45) is 11.8 Å². The fourth-order valence-electron chi connectivity index (χ4n) is 3.78. The van der Waals surface area contributed by atoms with E-state index < -0.39 is 15.6 Å². The quantitative estimate of drug-likeness (QED) is 0.345. The Kier molecular flexibility index (Phi) is 6.23. The SMILES string of the molecule is C=C(C)CCSC1=C(C(=O)c2ccc(S(C)(=O)=O)cc2Cl)C(=O)C2CCC1C2. The summed E-state index contributed by atoms with van der Waals surface area (Å²) in [5.74, 6) is 0.426. The van der Waals surface area contributed by atoms with Crippen LogP contribution in [0.25, 0.3) is 0 Å². The van der Waals surface area contributed by atoms with Crippen molar-refractivity contribution in [3.8, 4) is 0 Å². The molecule has 150 valence electrons. The van der Waals surface area contributed by atoms with E-state index in [9.17, 15) is 18.0 Å². The molecule has 2 atom stereocenters. The molecule has 3 rings (SSSR count). The zero-order chi connectivity index (χ0) is 20.6. The third kappa shape index (κ3) is 4.29. The van der Waals surface area contributed by atoms with E-state index in [0.29, 0.717) is 0 Å². The first kappa shape index (κ1) is 21.3. The topological polar surface area (TPSA) is 68.3 Å². The normalized spacial score (nSPS) is 21.9. The van der Waals surface area contributed by atoms with Crippen LogP contribution in [0.1, 0.15) is 43.0 Å². The van der Waals surface area contributed by atoms with Crippen LogP contribution in [0.4, 0.5) is 0 Å². The maximum absolute atomic E-state index is 13.3. The summed E-state index contributed by atoms with van der Waals surface area (Å²) in [5, 5.41) is 0.0532. The summed E-state index contributed by atoms with van der Waals surface area (Å²) in [5.41, 5.74) is 1.49. The average Bonchev–Trinajstić information content (AvgIpc) is 3.04. The third-order valence-corrected chi connectivity index (χ3v) is 7.97. The average molecular weight is 439 g/mol. The van der Waals surface area contributed by atoms with E-state index in [1.54, 1.807) is 11.8 Å². The smallest absolute Gasteiger partial charge is 0.198 e. The zero-order valence-corrected chi connectivity index (χ0v) is 18.3. The van der Waals surface area contributed by atoms with Gasteiger partial charge in [-0.15, -0.1) is 18.3 Å². The van der Waals surface area contributed by atoms with Gasteiger partial charge in [0.2, 0.25) is 0 Å². The van der Waals surface area contributed by atoms with Gasteiger partial charge in [-0.25, -0.2) is 8.42 Å². The molecular weight excluding hydrogens is 416 g/mol. The molecule has 1 saturated carbocycles. The molecule has 1 aromatic carbocycles. The van der Waals surface area contributed by atoms with Gasteiger partial charge in [-0.1, -0.05) is 17.2 Å². The number of halogens is 1. The molecule has 0 radical (unpaired) electrons. The first-order valence-electron chi connectivity index (χ1n) is 9.19. The van der Waals surface area contributed by atoms with Crippen LogP contribution >= 0.6 is 23.4 Å². The van der Waals surface area contributed by atoms with E-state index in [4.69, 9.17) is 11.6 Å². The lowest BCUT2D eigenvalue weighted by atomic mass is 9.84. The van der Waals surface area contributed by atoms with Gasteiger partial charge in [0, 0.05) is 28.4 Å². The van der Waals surface area contributed by atoms with Crippen LogP contribution in [0.15, 0.2) is 45.7 Å². The molecule has 2 unspecified atom stereocenters. The minimum absolute atomic E-state index is 0.0501. The number of benzene rings is 1. The number of fused-ring (bicyclic) bond motifs is 2. The van der Waals surface area contributed by atoms with Crippen LogP contribution < -0.4 is 0 Å². The second kappa shape index (κ2) is 8.17. The monoisotopic (exact) mass is 438 g/mol. The molecule has 7 heteroatoms. The molecule has 0 spiro atoms. The van der Waals surface area contributed by atoms with Crippen LogP contribution in [0.2, 0.25) is 5.02 Å². The van der Waals surface area contributed by atoms with E-state index in [1.807, 2.05) is 6.92 Å². The fraction of sp³-hybridized carbons (Fsp3) is 0.429. The molecule has 0 heterocycles. The molecular formula is C21H23ClO4S2. The molecule has 28 heavy (non-hydrogen) atoms. The first-order chi connectivity index (χ1) is 13.1. The summed E-state index contributed by atoms with van der Waals surface area (Å²) in [6, 6.07) is 4.05. The Bertz CT molecular complexity index is 992. The lowest BCUT2D eigenvalue weighted by molar-refractivity contribution is -0.119. The van der Waals surface area contributed by atoms with Crippen molar-refractivity contribution in [3.05, 3.63) is 51.4 Å². The molecule has 2 aliphatic carbocycles. The Morgan fingerprint density at radius 3 is 2.57 bits per heavy atom. The highest BCUT2D eigenvalue weighted by molar-refractivity contribution is 8.03. The standard InChI is InChI=1S/C21H23ClO4S2/c1-12(2)8-9-27-21-14-5-4-13(10-14)19(23)18(21)20(24)16-7-6-15(11-17(16)22)28(3,25)26/h6-7,11,13-14H,1,4-5,8-10H2,2-3H3. The number of hydrogen-bond donors (Lipinski definition) is 0. The van der Waals surface area contributed by atoms with Crippen molar-refractivity contribution in [1.29, 1.82) is 0 Å². The van der Waals surface area contributed by atoms with Gasteiger partial charge in [0.1, 0.15) is 0 Å². The number of ketones is 2. The Hall–Kier alpha value is -1.37. The van der Waals surface area contributed by atoms with Crippen molar-refractivity contribution in [2.45, 2.75) is 37.5 Å². The lowest BCUT2D eigenvalue weighted by Gasteiger charge is -2.24. The van der Waals surface area contributed by atoms with Gasteiger partial charge in [-0.05, 0) is 56.7 Å². The highest BCUT2D eigenvalue weighted by atomic mass is 35.5. The molecule has 2 aliphatic rings. The van der Waals surface area contributed by atoms with Crippen molar-refractivity contribution < 1.29 is 18.0 Å². The molecule has 0 saturated heterocycles. The largest absolute Gasteiger partial charge is 0.294 e. The van der Waals surface area contributed by atoms with Gasteiger partial charge < -0.3 is 0 Å². The third-order valence-electron chi connectivity index (χ3n) is 5.29. The molecule has 2 bridgehead atoms. The number of rotatable bonds is 7. The van der Waals surface area contributed by atoms with Gasteiger partial charge in [-0.3, -0.25) is 9.59 Å². The Morgan fingerprint density at radius 2 is 1.96 bits per heavy atom. The molecule has 1 fully saturated rings. The summed E-state index contributed by atoms with van der Waals surface area (Å²) in [6.45, 7) is 5.87. The maximum Gasteiger partial charge on any atom is 0.198 e. The van der Waals surface area contributed by atoms with Crippen LogP contribution in [0.5, 0.6) is 0 Å². The number of Topliss-reactive ketones (excluding diaryl/α,β-unsaturated/α-hetero) is 2. The van der Waals surface area contributed by atoms with Gasteiger partial charge in [0.05, 0.1) is 15.5 Å². The minimum atomic E-state index is -3.43. The van der Waals surface area contributed by atoms with E-state index in [0.717, 1.165) is 48.2 Å². The summed E-state index contributed by atoms with van der Waals surface area (Å²) < 4.78 is 23.4. The Morgan fingerprint density at radius 1 is 1.29 bits per heavy atom. The second-order valence-electron chi connectivity index (χ2n) is 7.61. The summed E-state index contributed by atoms with van der Waals surface area (Å²) >= 11 is 7.81. The van der Waals surface area contributed by atoms with Gasteiger partial charge in [0.15, 0.2) is 21.4 Å². The Labute approximate surface area is 175 Å². The maximum atomic E-state index is 13.3. The molecule has 0 aromatic heterocycles. The highest BCUT2D eigenvalue weighted by Gasteiger charge is 2.43. The van der Waals surface area contributed by atoms with Crippen LogP contribution in [0.3, 0.4) is 0 Å². The number of sulfone groups is 1. The number of carbonyl (C=O) groups is 2. The predicted molar refractivity (Wildman–Crippen MR) is 114 cm³/mol. The molecule has 0 amide bonds. The minimum Gasteiger partial charge on any atom is -0.294 e. The Balaban J connectivity index is 2.00. The van der Waals surface area contributed by atoms with Crippen molar-refractivity contribution in [2.75, 3.05) is 12.0 Å². The fourth-order valence-corrected chi connectivity index (χ4v) is 6.22. The predicted octanol–water partition coefficient (Wildman–Crippen LogP) is 4.88. The lowest BCUT2D eigenvalue weighted by Crippen LogP contribution is -2.26. The van der Waals surface area contributed by atoms with E-state index in [1.165, 1.54) is 18.2 Å². The summed E-state index contributed by atoms with van der Waals surface area (Å²) in [6.07, 6.45) is 4.45. The van der Waals surface area contributed by atoms with Gasteiger partial charge in [-0.2, -0.15) is 0 Å². The summed E-state index contributed by atoms with van der Waals surface area (Å²) in [7, 11) is -3.43. The molecule has 0 N–H and O–H groups in total. The number of carbonyl (C=O) groups excluding carboxylic acids is 2. The molecule has 0 aliphatic heterocycles. The highest BCUT2D eigenvalue weighted by Crippen LogP contribution is 2.48. The van der Waals surface area contributed by atoms with Gasteiger partial charge in [0.25, 0.3) is 0 Å². The second-order valence-corrected chi connectivity index (χ2v) is 11.2. The number of hydrogen-bond acceptors (Lipinski definition) is 5. The molecule has 1 aromatic rings. The van der Waals surface area contributed by atoms with Crippen LogP contribution in [-0.4, -0.2) is 32.0 Å². The van der Waals surface area contributed by atoms with Crippen LogP contribution in [0, 0.1) is 11.8 Å².